The average Bonchev–Trinajstić information content (AvgIpc) is 2.79. The van der Waals surface area contributed by atoms with Crippen molar-refractivity contribution in [1.29, 1.82) is 0 Å². The summed E-state index contributed by atoms with van der Waals surface area (Å²) in [5, 5.41) is 11.4. The molecule has 0 radical (unpaired) electrons. The Morgan fingerprint density at radius 1 is 1.15 bits per heavy atom. The number of likely N-dealkylation sites (tertiary alicyclic amines) is 1. The number of rotatable bonds is 7. The van der Waals surface area contributed by atoms with Gasteiger partial charge in [0.15, 0.2) is 0 Å². The van der Waals surface area contributed by atoms with Crippen molar-refractivity contribution in [2.75, 3.05) is 26.2 Å². The number of hydrogen-bond acceptors (Lipinski definition) is 6. The molecule has 0 bridgehead atoms. The third kappa shape index (κ3) is 5.69. The Morgan fingerprint density at radius 3 is 2.55 bits per heavy atom. The summed E-state index contributed by atoms with van der Waals surface area (Å²) in [6.07, 6.45) is 3.06. The molecule has 1 saturated heterocycles. The summed E-state index contributed by atoms with van der Waals surface area (Å²) in [4.78, 5) is 15.2. The Morgan fingerprint density at radius 2 is 1.85 bits per heavy atom. The van der Waals surface area contributed by atoms with Crippen LogP contribution >= 0.6 is 11.6 Å². The van der Waals surface area contributed by atoms with Crippen LogP contribution in [0.2, 0.25) is 5.02 Å². The van der Waals surface area contributed by atoms with Gasteiger partial charge in [-0.3, -0.25) is 4.79 Å². The zero-order valence-corrected chi connectivity index (χ0v) is 20.0. The molecule has 33 heavy (non-hydrogen) atoms. The summed E-state index contributed by atoms with van der Waals surface area (Å²) in [5.41, 5.74) is 1.87. The number of fused-ring (bicyclic) bond motifs is 1. The molecule has 1 aliphatic heterocycles. The first-order valence-electron chi connectivity index (χ1n) is 11.3. The number of aliphatic hydroxyl groups is 1. The van der Waals surface area contributed by atoms with Gasteiger partial charge >= 0.3 is 0 Å². The standard InChI is InChI=1S/C26H30ClNO5/c1-16-6-8-28(9-7-16)13-19(29)14-31-20-4-5-22-23(12-20)32-15-24(26(22)30)33-21-10-17(2)25(27)18(3)11-21/h4-5,10-12,15-16,19,29H,6-9,13-14H2,1-3H3. The minimum atomic E-state index is -0.580. The molecule has 6 nitrogen and oxygen atoms in total. The molecular formula is C26H30ClNO5. The highest BCUT2D eigenvalue weighted by atomic mass is 35.5. The molecule has 2 aromatic carbocycles. The van der Waals surface area contributed by atoms with Crippen molar-refractivity contribution in [2.24, 2.45) is 5.92 Å². The molecule has 1 fully saturated rings. The molecule has 7 heteroatoms. The fraction of sp³-hybridized carbons (Fsp3) is 0.423. The number of piperidine rings is 1. The Labute approximate surface area is 198 Å². The van der Waals surface area contributed by atoms with Crippen LogP contribution in [0.5, 0.6) is 17.2 Å². The van der Waals surface area contributed by atoms with E-state index in [2.05, 4.69) is 11.8 Å². The quantitative estimate of drug-likeness (QED) is 0.502. The van der Waals surface area contributed by atoms with E-state index in [0.717, 1.165) is 30.1 Å². The number of ether oxygens (including phenoxy) is 2. The minimum absolute atomic E-state index is 0.101. The molecule has 0 amide bonds. The predicted octanol–water partition coefficient (Wildman–Crippen LogP) is 5.33. The van der Waals surface area contributed by atoms with E-state index in [1.807, 2.05) is 13.8 Å². The summed E-state index contributed by atoms with van der Waals surface area (Å²) in [7, 11) is 0. The monoisotopic (exact) mass is 471 g/mol. The third-order valence-corrected chi connectivity index (χ3v) is 6.74. The molecule has 0 spiro atoms. The van der Waals surface area contributed by atoms with Gasteiger partial charge in [-0.2, -0.15) is 0 Å². The first-order valence-corrected chi connectivity index (χ1v) is 11.7. The van der Waals surface area contributed by atoms with Gasteiger partial charge in [-0.05, 0) is 81.1 Å². The zero-order chi connectivity index (χ0) is 23.5. The second-order valence-electron chi connectivity index (χ2n) is 9.01. The highest BCUT2D eigenvalue weighted by Crippen LogP contribution is 2.29. The fourth-order valence-corrected chi connectivity index (χ4v) is 4.24. The summed E-state index contributed by atoms with van der Waals surface area (Å²) in [5.74, 6) is 1.92. The van der Waals surface area contributed by atoms with E-state index in [1.165, 1.54) is 19.1 Å². The maximum Gasteiger partial charge on any atom is 0.235 e. The van der Waals surface area contributed by atoms with E-state index in [9.17, 15) is 9.90 Å². The Balaban J connectivity index is 1.42. The van der Waals surface area contributed by atoms with Gasteiger partial charge in [-0.15, -0.1) is 0 Å². The lowest BCUT2D eigenvalue weighted by Gasteiger charge is -2.31. The van der Waals surface area contributed by atoms with Crippen molar-refractivity contribution in [1.82, 2.24) is 4.90 Å². The van der Waals surface area contributed by atoms with Crippen molar-refractivity contribution in [3.8, 4) is 17.2 Å². The van der Waals surface area contributed by atoms with E-state index in [4.69, 9.17) is 25.5 Å². The van der Waals surface area contributed by atoms with Crippen molar-refractivity contribution < 1.29 is 19.0 Å². The highest BCUT2D eigenvalue weighted by molar-refractivity contribution is 6.32. The van der Waals surface area contributed by atoms with Crippen molar-refractivity contribution >= 4 is 22.6 Å². The van der Waals surface area contributed by atoms with Gasteiger partial charge in [-0.25, -0.2) is 0 Å². The summed E-state index contributed by atoms with van der Waals surface area (Å²) in [6, 6.07) is 8.58. The highest BCUT2D eigenvalue weighted by Gasteiger charge is 2.19. The zero-order valence-electron chi connectivity index (χ0n) is 19.3. The number of aliphatic hydroxyl groups excluding tert-OH is 1. The number of β-amino-alcohol motifs (C(OH)–C–C–N with tert-alkyl or cyclic N) is 1. The van der Waals surface area contributed by atoms with Gasteiger partial charge in [0.1, 0.15) is 36.1 Å². The average molecular weight is 472 g/mol. The molecular weight excluding hydrogens is 442 g/mol. The second kappa shape index (κ2) is 10.2. The lowest BCUT2D eigenvalue weighted by atomic mass is 9.99. The molecule has 1 aliphatic rings. The number of nitrogens with zero attached hydrogens (tertiary/aromatic N) is 1. The lowest BCUT2D eigenvalue weighted by molar-refractivity contribution is 0.0563. The number of hydrogen-bond donors (Lipinski definition) is 1. The lowest BCUT2D eigenvalue weighted by Crippen LogP contribution is -2.40. The molecule has 176 valence electrons. The van der Waals surface area contributed by atoms with E-state index in [1.54, 1.807) is 30.3 Å². The summed E-state index contributed by atoms with van der Waals surface area (Å²) >= 11 is 6.21. The van der Waals surface area contributed by atoms with E-state index in [-0.39, 0.29) is 17.8 Å². The molecule has 0 aliphatic carbocycles. The second-order valence-corrected chi connectivity index (χ2v) is 9.39. The van der Waals surface area contributed by atoms with E-state index >= 15 is 0 Å². The number of benzene rings is 2. The van der Waals surface area contributed by atoms with Crippen LogP contribution in [0, 0.1) is 19.8 Å². The van der Waals surface area contributed by atoms with Crippen molar-refractivity contribution in [3.63, 3.8) is 0 Å². The molecule has 1 atom stereocenters. The summed E-state index contributed by atoms with van der Waals surface area (Å²) in [6.45, 7) is 8.84. The largest absolute Gasteiger partial charge is 0.491 e. The van der Waals surface area contributed by atoms with E-state index in [0.29, 0.717) is 34.0 Å². The van der Waals surface area contributed by atoms with Crippen LogP contribution in [0.25, 0.3) is 11.0 Å². The van der Waals surface area contributed by atoms with Crippen LogP contribution in [-0.2, 0) is 0 Å². The molecule has 1 aromatic heterocycles. The molecule has 1 N–H and O–H groups in total. The minimum Gasteiger partial charge on any atom is -0.491 e. The topological polar surface area (TPSA) is 72.1 Å². The number of aryl methyl sites for hydroxylation is 2. The molecule has 3 aromatic rings. The maximum absolute atomic E-state index is 12.9. The normalized spacial score (nSPS) is 16.2. The smallest absolute Gasteiger partial charge is 0.235 e. The molecule has 2 heterocycles. The van der Waals surface area contributed by atoms with Gasteiger partial charge in [0.05, 0.1) is 5.39 Å². The van der Waals surface area contributed by atoms with Crippen LogP contribution in [0.1, 0.15) is 30.9 Å². The first-order chi connectivity index (χ1) is 15.8. The van der Waals surface area contributed by atoms with Crippen LogP contribution in [0.3, 0.4) is 0 Å². The Hall–Kier alpha value is -2.54. The van der Waals surface area contributed by atoms with Gasteiger partial charge in [0.2, 0.25) is 11.2 Å². The van der Waals surface area contributed by atoms with Gasteiger partial charge in [0.25, 0.3) is 0 Å². The third-order valence-electron chi connectivity index (χ3n) is 6.14. The van der Waals surface area contributed by atoms with Crippen LogP contribution < -0.4 is 14.9 Å². The van der Waals surface area contributed by atoms with Gasteiger partial charge < -0.3 is 23.9 Å². The van der Waals surface area contributed by atoms with Crippen LogP contribution in [0.15, 0.2) is 45.8 Å². The van der Waals surface area contributed by atoms with Crippen LogP contribution in [-0.4, -0.2) is 42.4 Å². The molecule has 1 unspecified atom stereocenters. The Kier molecular flexibility index (Phi) is 7.27. The van der Waals surface area contributed by atoms with Gasteiger partial charge in [0, 0.05) is 17.6 Å². The SMILES string of the molecule is Cc1cc(Oc2coc3cc(OCC(O)CN4CCC(C)CC4)ccc3c2=O)cc(C)c1Cl. The summed E-state index contributed by atoms with van der Waals surface area (Å²) < 4.78 is 17.2. The predicted molar refractivity (Wildman–Crippen MR) is 130 cm³/mol. The maximum atomic E-state index is 12.9. The van der Waals surface area contributed by atoms with Gasteiger partial charge in [-0.1, -0.05) is 18.5 Å². The molecule has 4 rings (SSSR count). The van der Waals surface area contributed by atoms with Crippen molar-refractivity contribution in [3.05, 3.63) is 63.0 Å². The van der Waals surface area contributed by atoms with Crippen molar-refractivity contribution in [2.45, 2.75) is 39.7 Å². The van der Waals surface area contributed by atoms with E-state index < -0.39 is 6.10 Å². The Bertz CT molecular complexity index is 1160. The number of halogens is 1. The fourth-order valence-electron chi connectivity index (χ4n) is 4.13. The van der Waals surface area contributed by atoms with Crippen LogP contribution in [0.4, 0.5) is 0 Å². The molecule has 0 saturated carbocycles. The first kappa shape index (κ1) is 23.6.